The highest BCUT2D eigenvalue weighted by Gasteiger charge is 2.19. The number of nitrogens with zero attached hydrogens (tertiary/aromatic N) is 5. The van der Waals surface area contributed by atoms with Gasteiger partial charge >= 0.3 is 0 Å². The van der Waals surface area contributed by atoms with E-state index in [9.17, 15) is 9.59 Å². The van der Waals surface area contributed by atoms with Gasteiger partial charge in [0.1, 0.15) is 12.2 Å². The predicted molar refractivity (Wildman–Crippen MR) is 171 cm³/mol. The SMILES string of the molecule is CN(C)CCNC(=O)c1cccc(-n2cnc3c(=O)n(-c4ccc(Cl)cc4)c(-c4ccc(-c5ccccc5)cc4)nc32)c1. The Morgan fingerprint density at radius 3 is 2.26 bits per heavy atom. The van der Waals surface area contributed by atoms with Gasteiger partial charge in [0.15, 0.2) is 11.2 Å². The van der Waals surface area contributed by atoms with Gasteiger partial charge in [0.25, 0.3) is 11.5 Å². The van der Waals surface area contributed by atoms with Crippen LogP contribution in [0, 0.1) is 0 Å². The first kappa shape index (κ1) is 28.1. The molecule has 2 aromatic heterocycles. The topological polar surface area (TPSA) is 85.0 Å². The molecule has 1 N–H and O–H groups in total. The van der Waals surface area contributed by atoms with Gasteiger partial charge in [-0.2, -0.15) is 0 Å². The lowest BCUT2D eigenvalue weighted by molar-refractivity contribution is 0.0951. The molecule has 6 aromatic rings. The molecular formula is C34H29ClN6O2. The van der Waals surface area contributed by atoms with E-state index in [1.54, 1.807) is 57.9 Å². The van der Waals surface area contributed by atoms with Gasteiger partial charge in [0.05, 0.1) is 5.69 Å². The number of imidazole rings is 1. The van der Waals surface area contributed by atoms with Gasteiger partial charge in [-0.25, -0.2) is 9.97 Å². The molecule has 43 heavy (non-hydrogen) atoms. The molecule has 0 saturated carbocycles. The second kappa shape index (κ2) is 12.1. The molecule has 4 aromatic carbocycles. The molecule has 0 aliphatic rings. The number of amides is 1. The van der Waals surface area contributed by atoms with E-state index >= 15 is 0 Å². The summed E-state index contributed by atoms with van der Waals surface area (Å²) in [4.78, 5) is 38.3. The first-order valence-corrected chi connectivity index (χ1v) is 14.2. The van der Waals surface area contributed by atoms with E-state index in [1.165, 1.54) is 0 Å². The number of fused-ring (bicyclic) bond motifs is 1. The zero-order valence-corrected chi connectivity index (χ0v) is 24.5. The van der Waals surface area contributed by atoms with Gasteiger partial charge in [-0.05, 0) is 67.7 Å². The highest BCUT2D eigenvalue weighted by atomic mass is 35.5. The van der Waals surface area contributed by atoms with Gasteiger partial charge in [0, 0.05) is 34.9 Å². The van der Waals surface area contributed by atoms with Crippen molar-refractivity contribution in [3.05, 3.63) is 130 Å². The summed E-state index contributed by atoms with van der Waals surface area (Å²) in [6.07, 6.45) is 1.57. The van der Waals surface area contributed by atoms with E-state index in [-0.39, 0.29) is 17.0 Å². The number of rotatable bonds is 8. The summed E-state index contributed by atoms with van der Waals surface area (Å²) in [6, 6.07) is 32.3. The molecule has 0 fully saturated rings. The Bertz CT molecular complexity index is 1960. The molecule has 8 nitrogen and oxygen atoms in total. The number of likely N-dealkylation sites (N-methyl/N-ethyl adjacent to an activating group) is 1. The van der Waals surface area contributed by atoms with Crippen LogP contribution in [0.3, 0.4) is 0 Å². The largest absolute Gasteiger partial charge is 0.351 e. The maximum atomic E-state index is 14.0. The molecule has 6 rings (SSSR count). The van der Waals surface area contributed by atoms with E-state index in [0.29, 0.717) is 40.0 Å². The van der Waals surface area contributed by atoms with Crippen LogP contribution in [-0.4, -0.2) is 57.1 Å². The highest BCUT2D eigenvalue weighted by Crippen LogP contribution is 2.27. The van der Waals surface area contributed by atoms with Crippen molar-refractivity contribution in [3.8, 4) is 33.9 Å². The second-order valence-corrected chi connectivity index (χ2v) is 10.8. The smallest absolute Gasteiger partial charge is 0.286 e. The van der Waals surface area contributed by atoms with Crippen molar-refractivity contribution in [2.24, 2.45) is 0 Å². The molecule has 0 radical (unpaired) electrons. The normalized spacial score (nSPS) is 11.3. The minimum Gasteiger partial charge on any atom is -0.351 e. The summed E-state index contributed by atoms with van der Waals surface area (Å²) in [6.45, 7) is 1.26. The first-order valence-electron chi connectivity index (χ1n) is 13.8. The number of aromatic nitrogens is 4. The molecule has 0 aliphatic carbocycles. The van der Waals surface area contributed by atoms with Crippen LogP contribution in [-0.2, 0) is 0 Å². The third-order valence-corrected chi connectivity index (χ3v) is 7.39. The van der Waals surface area contributed by atoms with E-state index in [2.05, 4.69) is 22.4 Å². The molecule has 1 amide bonds. The summed E-state index contributed by atoms with van der Waals surface area (Å²) in [5.74, 6) is 0.282. The zero-order valence-electron chi connectivity index (χ0n) is 23.7. The fourth-order valence-electron chi connectivity index (χ4n) is 4.90. The van der Waals surface area contributed by atoms with Crippen LogP contribution >= 0.6 is 11.6 Å². The number of carbonyl (C=O) groups is 1. The van der Waals surface area contributed by atoms with Crippen LogP contribution in [0.4, 0.5) is 0 Å². The molecule has 214 valence electrons. The lowest BCUT2D eigenvalue weighted by Gasteiger charge is -2.14. The Morgan fingerprint density at radius 2 is 1.53 bits per heavy atom. The molecule has 0 aliphatic heterocycles. The Balaban J connectivity index is 1.47. The van der Waals surface area contributed by atoms with Crippen molar-refractivity contribution in [2.45, 2.75) is 0 Å². The van der Waals surface area contributed by atoms with Gasteiger partial charge in [0.2, 0.25) is 0 Å². The van der Waals surface area contributed by atoms with Crippen molar-refractivity contribution in [3.63, 3.8) is 0 Å². The van der Waals surface area contributed by atoms with Crippen LogP contribution < -0.4 is 10.9 Å². The monoisotopic (exact) mass is 588 g/mol. The van der Waals surface area contributed by atoms with Crippen LogP contribution in [0.2, 0.25) is 5.02 Å². The standard InChI is InChI=1S/C34H29ClN6O2/c1-39(2)20-19-36-33(42)26-9-6-10-29(21-26)40-22-37-30-32(40)38-31(41(34(30)43)28-17-15-27(35)16-18-28)25-13-11-24(12-14-25)23-7-4-3-5-8-23/h3-18,21-22H,19-20H2,1-2H3,(H,36,42). The molecule has 0 bridgehead atoms. The predicted octanol–water partition coefficient (Wildman–Crippen LogP) is 5.85. The van der Waals surface area contributed by atoms with Crippen LogP contribution in [0.1, 0.15) is 10.4 Å². The van der Waals surface area contributed by atoms with E-state index in [4.69, 9.17) is 16.6 Å². The molecule has 0 atom stereocenters. The van der Waals surface area contributed by atoms with Gasteiger partial charge in [-0.3, -0.25) is 18.7 Å². The fourth-order valence-corrected chi connectivity index (χ4v) is 5.02. The van der Waals surface area contributed by atoms with E-state index < -0.39 is 0 Å². The lowest BCUT2D eigenvalue weighted by atomic mass is 10.0. The third kappa shape index (κ3) is 5.83. The van der Waals surface area contributed by atoms with Crippen molar-refractivity contribution < 1.29 is 4.79 Å². The zero-order chi connectivity index (χ0) is 29.9. The molecule has 2 heterocycles. The minimum atomic E-state index is -0.314. The summed E-state index contributed by atoms with van der Waals surface area (Å²) >= 11 is 6.17. The molecule has 0 unspecified atom stereocenters. The Kier molecular flexibility index (Phi) is 7.87. The van der Waals surface area contributed by atoms with Crippen molar-refractivity contribution >= 4 is 28.7 Å². The average molecular weight is 589 g/mol. The quantitative estimate of drug-likeness (QED) is 0.241. The van der Waals surface area contributed by atoms with Gasteiger partial charge in [-0.15, -0.1) is 0 Å². The number of nitrogens with one attached hydrogen (secondary N) is 1. The van der Waals surface area contributed by atoms with Crippen LogP contribution in [0.5, 0.6) is 0 Å². The summed E-state index contributed by atoms with van der Waals surface area (Å²) in [5, 5.41) is 3.51. The fraction of sp³-hybridized carbons (Fsp3) is 0.118. The third-order valence-electron chi connectivity index (χ3n) is 7.14. The number of carbonyl (C=O) groups excluding carboxylic acids is 1. The van der Waals surface area contributed by atoms with Crippen molar-refractivity contribution in [1.29, 1.82) is 0 Å². The number of halogens is 1. The van der Waals surface area contributed by atoms with Crippen LogP contribution in [0.25, 0.3) is 45.1 Å². The first-order chi connectivity index (χ1) is 20.9. The minimum absolute atomic E-state index is 0.176. The maximum absolute atomic E-state index is 14.0. The Morgan fingerprint density at radius 1 is 0.837 bits per heavy atom. The molecule has 0 spiro atoms. The Labute approximate surface area is 253 Å². The number of benzene rings is 4. The van der Waals surface area contributed by atoms with E-state index in [1.807, 2.05) is 67.5 Å². The summed E-state index contributed by atoms with van der Waals surface area (Å²) in [7, 11) is 3.91. The highest BCUT2D eigenvalue weighted by molar-refractivity contribution is 6.30. The summed E-state index contributed by atoms with van der Waals surface area (Å²) in [5.41, 5.74) is 4.99. The van der Waals surface area contributed by atoms with Gasteiger partial charge in [-0.1, -0.05) is 72.3 Å². The van der Waals surface area contributed by atoms with Crippen molar-refractivity contribution in [1.82, 2.24) is 29.3 Å². The maximum Gasteiger partial charge on any atom is 0.286 e. The molecule has 9 heteroatoms. The second-order valence-electron chi connectivity index (χ2n) is 10.4. The number of hydrogen-bond acceptors (Lipinski definition) is 5. The van der Waals surface area contributed by atoms with Crippen LogP contribution in [0.15, 0.2) is 114 Å². The Hall–Kier alpha value is -5.05. The number of hydrogen-bond donors (Lipinski definition) is 1. The summed E-state index contributed by atoms with van der Waals surface area (Å²) < 4.78 is 3.30. The van der Waals surface area contributed by atoms with Crippen molar-refractivity contribution in [2.75, 3.05) is 27.2 Å². The van der Waals surface area contributed by atoms with E-state index in [0.717, 1.165) is 23.2 Å². The molecular weight excluding hydrogens is 560 g/mol. The average Bonchev–Trinajstić information content (AvgIpc) is 3.46. The lowest BCUT2D eigenvalue weighted by Crippen LogP contribution is -2.31. The van der Waals surface area contributed by atoms with Gasteiger partial charge < -0.3 is 10.2 Å². The molecule has 0 saturated heterocycles.